The van der Waals surface area contributed by atoms with E-state index in [4.69, 9.17) is 0 Å². The average Bonchev–Trinajstić information content (AvgIpc) is 2.84. The van der Waals surface area contributed by atoms with Gasteiger partial charge in [-0.25, -0.2) is 0 Å². The minimum Gasteiger partial charge on any atom is -0.345 e. The molecule has 0 aromatic rings. The number of amides is 2. The third-order valence-electron chi connectivity index (χ3n) is 4.02. The number of hydrogen-bond acceptors (Lipinski definition) is 2. The van der Waals surface area contributed by atoms with Crippen LogP contribution in [-0.4, -0.2) is 35.8 Å². The van der Waals surface area contributed by atoms with Crippen molar-refractivity contribution in [3.63, 3.8) is 0 Å². The van der Waals surface area contributed by atoms with Crippen molar-refractivity contribution in [3.05, 3.63) is 0 Å². The van der Waals surface area contributed by atoms with Crippen LogP contribution in [0.4, 0.5) is 0 Å². The van der Waals surface area contributed by atoms with Gasteiger partial charge in [0.05, 0.1) is 0 Å². The number of carbonyl (C=O) groups excluding carboxylic acids is 2. The van der Waals surface area contributed by atoms with Crippen LogP contribution in [0.3, 0.4) is 0 Å². The SMILES string of the molecule is CC1CCCCC1NC(=O)C(=O)N1CCCC1. The standard InChI is InChI=1S/C13H22N2O2/c1-10-6-2-3-7-11(10)14-12(16)13(17)15-8-4-5-9-15/h10-11H,2-9H2,1H3,(H,14,16). The van der Waals surface area contributed by atoms with Crippen LogP contribution in [0.2, 0.25) is 0 Å². The smallest absolute Gasteiger partial charge is 0.311 e. The Morgan fingerprint density at radius 1 is 1.06 bits per heavy atom. The number of nitrogens with zero attached hydrogens (tertiary/aromatic N) is 1. The van der Waals surface area contributed by atoms with Crippen molar-refractivity contribution in [1.29, 1.82) is 0 Å². The molecule has 1 N–H and O–H groups in total. The lowest BCUT2D eigenvalue weighted by Crippen LogP contribution is -2.48. The van der Waals surface area contributed by atoms with Crippen LogP contribution in [-0.2, 0) is 9.59 Å². The number of rotatable bonds is 1. The molecule has 0 spiro atoms. The summed E-state index contributed by atoms with van der Waals surface area (Å²) in [5, 5.41) is 2.92. The molecule has 2 rings (SSSR count). The summed E-state index contributed by atoms with van der Waals surface area (Å²) in [6.07, 6.45) is 6.63. The first kappa shape index (κ1) is 12.4. The van der Waals surface area contributed by atoms with E-state index in [1.165, 1.54) is 6.42 Å². The maximum atomic E-state index is 11.8. The molecule has 4 nitrogen and oxygen atoms in total. The second-order valence-corrected chi connectivity index (χ2v) is 5.34. The topological polar surface area (TPSA) is 49.4 Å². The molecule has 0 bridgehead atoms. The quantitative estimate of drug-likeness (QED) is 0.700. The first-order valence-corrected chi connectivity index (χ1v) is 6.78. The van der Waals surface area contributed by atoms with E-state index >= 15 is 0 Å². The van der Waals surface area contributed by atoms with E-state index in [9.17, 15) is 9.59 Å². The number of carbonyl (C=O) groups is 2. The zero-order chi connectivity index (χ0) is 12.3. The van der Waals surface area contributed by atoms with Crippen molar-refractivity contribution < 1.29 is 9.59 Å². The molecule has 0 radical (unpaired) electrons. The fraction of sp³-hybridized carbons (Fsp3) is 0.846. The highest BCUT2D eigenvalue weighted by molar-refractivity contribution is 6.35. The summed E-state index contributed by atoms with van der Waals surface area (Å²) in [5.74, 6) is -0.231. The molecule has 96 valence electrons. The first-order chi connectivity index (χ1) is 8.18. The fourth-order valence-corrected chi connectivity index (χ4v) is 2.82. The van der Waals surface area contributed by atoms with Crippen LogP contribution in [0.5, 0.6) is 0 Å². The Morgan fingerprint density at radius 2 is 1.71 bits per heavy atom. The second-order valence-electron chi connectivity index (χ2n) is 5.34. The van der Waals surface area contributed by atoms with Crippen LogP contribution in [0.1, 0.15) is 45.4 Å². The molecule has 1 heterocycles. The van der Waals surface area contributed by atoms with Gasteiger partial charge >= 0.3 is 11.8 Å². The van der Waals surface area contributed by atoms with Gasteiger partial charge < -0.3 is 10.2 Å². The Hall–Kier alpha value is -1.06. The third kappa shape index (κ3) is 2.99. The molecule has 2 unspecified atom stereocenters. The number of hydrogen-bond donors (Lipinski definition) is 1. The molecule has 17 heavy (non-hydrogen) atoms. The lowest BCUT2D eigenvalue weighted by atomic mass is 9.86. The highest BCUT2D eigenvalue weighted by Gasteiger charge is 2.29. The summed E-state index contributed by atoms with van der Waals surface area (Å²) in [5.41, 5.74) is 0. The van der Waals surface area contributed by atoms with E-state index in [1.807, 2.05) is 0 Å². The van der Waals surface area contributed by atoms with Crippen molar-refractivity contribution >= 4 is 11.8 Å². The number of nitrogens with one attached hydrogen (secondary N) is 1. The molecule has 2 aliphatic rings. The third-order valence-corrected chi connectivity index (χ3v) is 4.02. The Kier molecular flexibility index (Phi) is 4.02. The maximum Gasteiger partial charge on any atom is 0.311 e. The van der Waals surface area contributed by atoms with Crippen LogP contribution in [0.25, 0.3) is 0 Å². The lowest BCUT2D eigenvalue weighted by Gasteiger charge is -2.29. The largest absolute Gasteiger partial charge is 0.345 e. The van der Waals surface area contributed by atoms with Gasteiger partial charge in [-0.15, -0.1) is 0 Å². The summed E-state index contributed by atoms with van der Waals surface area (Å²) < 4.78 is 0. The van der Waals surface area contributed by atoms with Crippen LogP contribution in [0, 0.1) is 5.92 Å². The van der Waals surface area contributed by atoms with E-state index in [1.54, 1.807) is 4.90 Å². The summed E-state index contributed by atoms with van der Waals surface area (Å²) in [7, 11) is 0. The van der Waals surface area contributed by atoms with E-state index in [2.05, 4.69) is 12.2 Å². The molecular formula is C13H22N2O2. The zero-order valence-electron chi connectivity index (χ0n) is 10.6. The minimum atomic E-state index is -0.398. The molecule has 2 fully saturated rings. The van der Waals surface area contributed by atoms with Crippen LogP contribution in [0.15, 0.2) is 0 Å². The molecule has 0 aromatic carbocycles. The summed E-state index contributed by atoms with van der Waals surface area (Å²) in [6, 6.07) is 0.197. The van der Waals surface area contributed by atoms with Crippen molar-refractivity contribution in [1.82, 2.24) is 10.2 Å². The predicted octanol–water partition coefficient (Wildman–Crippen LogP) is 1.30. The van der Waals surface area contributed by atoms with Gasteiger partial charge in [0.25, 0.3) is 0 Å². The molecule has 1 aliphatic heterocycles. The van der Waals surface area contributed by atoms with Crippen molar-refractivity contribution in [3.8, 4) is 0 Å². The maximum absolute atomic E-state index is 11.8. The molecule has 1 saturated heterocycles. The summed E-state index contributed by atoms with van der Waals surface area (Å²) in [4.78, 5) is 25.4. The highest BCUT2D eigenvalue weighted by Crippen LogP contribution is 2.23. The van der Waals surface area contributed by atoms with Gasteiger partial charge in [0, 0.05) is 19.1 Å². The Bertz CT molecular complexity index is 298. The van der Waals surface area contributed by atoms with Gasteiger partial charge in [-0.3, -0.25) is 9.59 Å². The molecular weight excluding hydrogens is 216 g/mol. The van der Waals surface area contributed by atoms with Gasteiger partial charge in [0.2, 0.25) is 0 Å². The normalized spacial score (nSPS) is 29.1. The minimum absolute atomic E-state index is 0.197. The molecule has 2 atom stereocenters. The molecule has 1 aliphatic carbocycles. The average molecular weight is 238 g/mol. The van der Waals surface area contributed by atoms with Gasteiger partial charge in [-0.1, -0.05) is 19.8 Å². The van der Waals surface area contributed by atoms with E-state index in [0.29, 0.717) is 5.92 Å². The Balaban J connectivity index is 1.84. The Morgan fingerprint density at radius 3 is 2.35 bits per heavy atom. The first-order valence-electron chi connectivity index (χ1n) is 6.78. The van der Waals surface area contributed by atoms with Crippen LogP contribution >= 0.6 is 0 Å². The van der Waals surface area contributed by atoms with Crippen LogP contribution < -0.4 is 5.32 Å². The number of likely N-dealkylation sites (tertiary alicyclic amines) is 1. The van der Waals surface area contributed by atoms with Gasteiger partial charge in [-0.05, 0) is 31.6 Å². The zero-order valence-corrected chi connectivity index (χ0v) is 10.6. The highest BCUT2D eigenvalue weighted by atomic mass is 16.2. The second kappa shape index (κ2) is 5.52. The van der Waals surface area contributed by atoms with Gasteiger partial charge in [0.1, 0.15) is 0 Å². The van der Waals surface area contributed by atoms with E-state index < -0.39 is 5.91 Å². The predicted molar refractivity (Wildman–Crippen MR) is 65.4 cm³/mol. The summed E-state index contributed by atoms with van der Waals surface area (Å²) >= 11 is 0. The van der Waals surface area contributed by atoms with Crippen molar-refractivity contribution in [2.45, 2.75) is 51.5 Å². The fourth-order valence-electron chi connectivity index (χ4n) is 2.82. The summed E-state index contributed by atoms with van der Waals surface area (Å²) in [6.45, 7) is 3.64. The van der Waals surface area contributed by atoms with Gasteiger partial charge in [0.15, 0.2) is 0 Å². The lowest BCUT2D eigenvalue weighted by molar-refractivity contribution is -0.145. The molecule has 2 amide bonds. The Labute approximate surface area is 103 Å². The van der Waals surface area contributed by atoms with E-state index in [0.717, 1.165) is 45.2 Å². The molecule has 4 heteroatoms. The molecule has 0 aromatic heterocycles. The molecule has 1 saturated carbocycles. The van der Waals surface area contributed by atoms with E-state index in [-0.39, 0.29) is 11.9 Å². The van der Waals surface area contributed by atoms with Crippen molar-refractivity contribution in [2.75, 3.05) is 13.1 Å². The van der Waals surface area contributed by atoms with Crippen molar-refractivity contribution in [2.24, 2.45) is 5.92 Å². The van der Waals surface area contributed by atoms with Gasteiger partial charge in [-0.2, -0.15) is 0 Å². The monoisotopic (exact) mass is 238 g/mol.